The van der Waals surface area contributed by atoms with Crippen LogP contribution in [0.1, 0.15) is 56.6 Å². The molecule has 1 aromatic heterocycles. The maximum atomic E-state index is 12.6. The second kappa shape index (κ2) is 7.60. The first-order valence-corrected chi connectivity index (χ1v) is 8.66. The van der Waals surface area contributed by atoms with Gasteiger partial charge >= 0.3 is 6.03 Å². The zero-order valence-electron chi connectivity index (χ0n) is 15.3. The van der Waals surface area contributed by atoms with Gasteiger partial charge < -0.3 is 20.5 Å². The fourth-order valence-corrected chi connectivity index (χ4v) is 3.07. The molecule has 2 rings (SSSR count). The SMILES string of the molecule is C[C@H](NC(=O)NC(C)(C)C)[C@H]1CCCN(C(=O)c2c[nH]c(C#N)c2)C1. The molecule has 1 fully saturated rings. The number of nitrogens with one attached hydrogen (secondary N) is 3. The lowest BCUT2D eigenvalue weighted by atomic mass is 9.91. The zero-order valence-corrected chi connectivity index (χ0v) is 15.3. The summed E-state index contributed by atoms with van der Waals surface area (Å²) in [5.74, 6) is 0.131. The van der Waals surface area contributed by atoms with Gasteiger partial charge in [0.05, 0.1) is 5.56 Å². The number of carbonyl (C=O) groups excluding carboxylic acids is 2. The lowest BCUT2D eigenvalue weighted by Crippen LogP contribution is -2.53. The van der Waals surface area contributed by atoms with E-state index in [1.54, 1.807) is 17.2 Å². The molecular formula is C18H27N5O2. The Labute approximate surface area is 148 Å². The summed E-state index contributed by atoms with van der Waals surface area (Å²) in [6, 6.07) is 3.35. The molecule has 136 valence electrons. The van der Waals surface area contributed by atoms with E-state index in [9.17, 15) is 9.59 Å². The summed E-state index contributed by atoms with van der Waals surface area (Å²) in [4.78, 5) is 29.2. The molecule has 0 aromatic carbocycles. The van der Waals surface area contributed by atoms with Gasteiger partial charge in [0, 0.05) is 30.9 Å². The number of nitriles is 1. The molecule has 1 aliphatic rings. The molecule has 2 atom stereocenters. The van der Waals surface area contributed by atoms with E-state index in [2.05, 4.69) is 15.6 Å². The van der Waals surface area contributed by atoms with Crippen molar-refractivity contribution in [2.45, 2.75) is 52.1 Å². The molecule has 0 aliphatic carbocycles. The number of piperidine rings is 1. The van der Waals surface area contributed by atoms with Crippen molar-refractivity contribution in [3.05, 3.63) is 23.5 Å². The Bertz CT molecular complexity index is 668. The van der Waals surface area contributed by atoms with Crippen molar-refractivity contribution in [1.82, 2.24) is 20.5 Å². The van der Waals surface area contributed by atoms with Crippen molar-refractivity contribution >= 4 is 11.9 Å². The van der Waals surface area contributed by atoms with Gasteiger partial charge in [0.2, 0.25) is 0 Å². The number of aromatic amines is 1. The van der Waals surface area contributed by atoms with Crippen LogP contribution in [0.3, 0.4) is 0 Å². The van der Waals surface area contributed by atoms with Gasteiger partial charge in [-0.3, -0.25) is 4.79 Å². The summed E-state index contributed by atoms with van der Waals surface area (Å²) in [7, 11) is 0. The van der Waals surface area contributed by atoms with Gasteiger partial charge in [0.1, 0.15) is 11.8 Å². The molecular weight excluding hydrogens is 318 g/mol. The highest BCUT2D eigenvalue weighted by Crippen LogP contribution is 2.21. The van der Waals surface area contributed by atoms with Crippen LogP contribution in [-0.4, -0.2) is 46.5 Å². The van der Waals surface area contributed by atoms with Crippen molar-refractivity contribution < 1.29 is 9.59 Å². The predicted octanol–water partition coefficient (Wildman–Crippen LogP) is 2.22. The lowest BCUT2D eigenvalue weighted by Gasteiger charge is -2.36. The second-order valence-corrected chi connectivity index (χ2v) is 7.70. The van der Waals surface area contributed by atoms with Gasteiger partial charge in [-0.1, -0.05) is 0 Å². The van der Waals surface area contributed by atoms with Crippen LogP contribution in [-0.2, 0) is 0 Å². The molecule has 0 bridgehead atoms. The number of hydrogen-bond donors (Lipinski definition) is 3. The number of nitrogens with zero attached hydrogens (tertiary/aromatic N) is 2. The Hall–Kier alpha value is -2.49. The van der Waals surface area contributed by atoms with Crippen LogP contribution in [0, 0.1) is 17.2 Å². The quantitative estimate of drug-likeness (QED) is 0.783. The second-order valence-electron chi connectivity index (χ2n) is 7.70. The molecule has 3 N–H and O–H groups in total. The van der Waals surface area contributed by atoms with Crippen LogP contribution in [0.5, 0.6) is 0 Å². The van der Waals surface area contributed by atoms with E-state index in [-0.39, 0.29) is 29.4 Å². The molecule has 1 saturated heterocycles. The van der Waals surface area contributed by atoms with Gasteiger partial charge in [-0.2, -0.15) is 5.26 Å². The third-order valence-corrected chi connectivity index (χ3v) is 4.35. The topological polar surface area (TPSA) is 101 Å². The van der Waals surface area contributed by atoms with Crippen LogP contribution < -0.4 is 10.6 Å². The van der Waals surface area contributed by atoms with Crippen molar-refractivity contribution in [3.8, 4) is 6.07 Å². The van der Waals surface area contributed by atoms with E-state index in [1.807, 2.05) is 33.8 Å². The van der Waals surface area contributed by atoms with Crippen molar-refractivity contribution in [2.75, 3.05) is 13.1 Å². The fourth-order valence-electron chi connectivity index (χ4n) is 3.07. The molecule has 7 nitrogen and oxygen atoms in total. The van der Waals surface area contributed by atoms with Gasteiger partial charge in [-0.25, -0.2) is 4.79 Å². The van der Waals surface area contributed by atoms with Crippen LogP contribution >= 0.6 is 0 Å². The van der Waals surface area contributed by atoms with E-state index >= 15 is 0 Å². The van der Waals surface area contributed by atoms with Gasteiger partial charge in [-0.15, -0.1) is 0 Å². The normalized spacial score (nSPS) is 19.0. The Balaban J connectivity index is 1.94. The molecule has 0 unspecified atom stereocenters. The number of rotatable bonds is 3. The largest absolute Gasteiger partial charge is 0.352 e. The summed E-state index contributed by atoms with van der Waals surface area (Å²) in [5.41, 5.74) is 0.597. The first-order valence-electron chi connectivity index (χ1n) is 8.66. The van der Waals surface area contributed by atoms with Gasteiger partial charge in [-0.05, 0) is 52.5 Å². The summed E-state index contributed by atoms with van der Waals surface area (Å²) in [5, 5.41) is 14.7. The number of hydrogen-bond acceptors (Lipinski definition) is 3. The summed E-state index contributed by atoms with van der Waals surface area (Å²) in [6.45, 7) is 9.08. The maximum Gasteiger partial charge on any atom is 0.315 e. The molecule has 7 heteroatoms. The number of H-pyrrole nitrogens is 1. The minimum Gasteiger partial charge on any atom is -0.352 e. The van der Waals surface area contributed by atoms with Crippen LogP contribution in [0.4, 0.5) is 4.79 Å². The molecule has 1 aliphatic heterocycles. The van der Waals surface area contributed by atoms with E-state index in [0.29, 0.717) is 24.3 Å². The highest BCUT2D eigenvalue weighted by molar-refractivity contribution is 5.94. The number of amides is 3. The standard InChI is InChI=1S/C18H27N5O2/c1-12(21-17(25)22-18(2,3)4)13-6-5-7-23(11-13)16(24)14-8-15(9-19)20-10-14/h8,10,12-13,20H,5-7,11H2,1-4H3,(H2,21,22,25)/t12-,13-/m0/s1. The third-order valence-electron chi connectivity index (χ3n) is 4.35. The molecule has 3 amide bonds. The highest BCUT2D eigenvalue weighted by atomic mass is 16.2. The first kappa shape index (κ1) is 18.8. The molecule has 25 heavy (non-hydrogen) atoms. The van der Waals surface area contributed by atoms with Crippen LogP contribution in [0.2, 0.25) is 0 Å². The van der Waals surface area contributed by atoms with E-state index in [0.717, 1.165) is 12.8 Å². The van der Waals surface area contributed by atoms with E-state index < -0.39 is 0 Å². The molecule has 0 saturated carbocycles. The van der Waals surface area contributed by atoms with Crippen LogP contribution in [0.25, 0.3) is 0 Å². The van der Waals surface area contributed by atoms with Gasteiger partial charge in [0.15, 0.2) is 0 Å². The summed E-state index contributed by atoms with van der Waals surface area (Å²) in [6.07, 6.45) is 3.44. The Morgan fingerprint density at radius 1 is 1.44 bits per heavy atom. The maximum absolute atomic E-state index is 12.6. The smallest absolute Gasteiger partial charge is 0.315 e. The van der Waals surface area contributed by atoms with Gasteiger partial charge in [0.25, 0.3) is 5.91 Å². The Morgan fingerprint density at radius 3 is 2.76 bits per heavy atom. The number of likely N-dealkylation sites (tertiary alicyclic amines) is 1. The van der Waals surface area contributed by atoms with E-state index in [4.69, 9.17) is 5.26 Å². The predicted molar refractivity (Wildman–Crippen MR) is 95.0 cm³/mol. The first-order chi connectivity index (χ1) is 11.7. The minimum absolute atomic E-state index is 0.0288. The minimum atomic E-state index is -0.287. The average molecular weight is 345 g/mol. The summed E-state index contributed by atoms with van der Waals surface area (Å²) < 4.78 is 0. The molecule has 0 radical (unpaired) electrons. The molecule has 1 aromatic rings. The monoisotopic (exact) mass is 345 g/mol. The van der Waals surface area contributed by atoms with Crippen molar-refractivity contribution in [3.63, 3.8) is 0 Å². The van der Waals surface area contributed by atoms with Crippen molar-refractivity contribution in [1.29, 1.82) is 5.26 Å². The number of carbonyl (C=O) groups is 2. The Morgan fingerprint density at radius 2 is 2.16 bits per heavy atom. The van der Waals surface area contributed by atoms with Crippen LogP contribution in [0.15, 0.2) is 12.3 Å². The average Bonchev–Trinajstić information content (AvgIpc) is 3.01. The number of aromatic nitrogens is 1. The highest BCUT2D eigenvalue weighted by Gasteiger charge is 2.29. The molecule has 2 heterocycles. The Kier molecular flexibility index (Phi) is 5.73. The zero-order chi connectivity index (χ0) is 18.6. The fraction of sp³-hybridized carbons (Fsp3) is 0.611. The van der Waals surface area contributed by atoms with Crippen molar-refractivity contribution in [2.24, 2.45) is 5.92 Å². The third kappa shape index (κ3) is 5.24. The molecule has 0 spiro atoms. The number of urea groups is 1. The van der Waals surface area contributed by atoms with E-state index in [1.165, 1.54) is 0 Å². The summed E-state index contributed by atoms with van der Waals surface area (Å²) >= 11 is 0. The lowest BCUT2D eigenvalue weighted by molar-refractivity contribution is 0.0654.